The molecule has 2 N–H and O–H groups in total. The highest BCUT2D eigenvalue weighted by Gasteiger charge is 2.31. The molecule has 2 aromatic rings. The van der Waals surface area contributed by atoms with Crippen molar-refractivity contribution in [3.63, 3.8) is 0 Å². The fourth-order valence-electron chi connectivity index (χ4n) is 2.58. The second kappa shape index (κ2) is 9.13. The van der Waals surface area contributed by atoms with E-state index in [4.69, 9.17) is 17.3 Å². The summed E-state index contributed by atoms with van der Waals surface area (Å²) in [4.78, 5) is 38.9. The highest BCUT2D eigenvalue weighted by Crippen LogP contribution is 2.33. The van der Waals surface area contributed by atoms with Gasteiger partial charge in [0, 0.05) is 17.8 Å². The molecule has 1 aliphatic rings. The molecule has 3 rings (SSSR count). The summed E-state index contributed by atoms with van der Waals surface area (Å²) in [6, 6.07) is 10.1. The Balaban J connectivity index is 1.54. The first-order chi connectivity index (χ1) is 13.5. The van der Waals surface area contributed by atoms with Gasteiger partial charge in [0.1, 0.15) is 4.32 Å². The van der Waals surface area contributed by atoms with Gasteiger partial charge in [0.25, 0.3) is 5.91 Å². The minimum Gasteiger partial charge on any atom is -0.478 e. The fraction of sp³-hybridized carbons (Fsp3) is 0.158. The van der Waals surface area contributed by atoms with Gasteiger partial charge in [0.15, 0.2) is 0 Å². The number of thiocarbonyl (C=S) groups is 1. The predicted octanol–water partition coefficient (Wildman–Crippen LogP) is 4.07. The normalized spacial score (nSPS) is 15.3. The Morgan fingerprint density at radius 2 is 2.00 bits per heavy atom. The van der Waals surface area contributed by atoms with Gasteiger partial charge >= 0.3 is 5.97 Å². The number of carboxylic acids is 1. The second-order valence-electron chi connectivity index (χ2n) is 5.85. The lowest BCUT2D eigenvalue weighted by atomic mass is 10.1. The molecule has 28 heavy (non-hydrogen) atoms. The van der Waals surface area contributed by atoms with Crippen LogP contribution in [0.25, 0.3) is 6.08 Å². The van der Waals surface area contributed by atoms with E-state index in [1.807, 2.05) is 23.6 Å². The monoisotopic (exact) mass is 432 g/mol. The van der Waals surface area contributed by atoms with Crippen LogP contribution in [0.4, 0.5) is 5.69 Å². The summed E-state index contributed by atoms with van der Waals surface area (Å²) in [7, 11) is 0. The molecule has 1 aromatic heterocycles. The number of carboxylic acid groups (broad SMARTS) is 1. The predicted molar refractivity (Wildman–Crippen MR) is 115 cm³/mol. The van der Waals surface area contributed by atoms with Crippen LogP contribution in [0.3, 0.4) is 0 Å². The lowest BCUT2D eigenvalue weighted by molar-refractivity contribution is -0.122. The molecule has 0 radical (unpaired) electrons. The third-order valence-corrected chi connectivity index (χ3v) is 6.10. The average molecular weight is 433 g/mol. The average Bonchev–Trinajstić information content (AvgIpc) is 3.26. The largest absolute Gasteiger partial charge is 0.478 e. The van der Waals surface area contributed by atoms with Gasteiger partial charge in [-0.1, -0.05) is 42.2 Å². The molecule has 1 saturated heterocycles. The number of thiophene rings is 1. The van der Waals surface area contributed by atoms with Gasteiger partial charge in [0.2, 0.25) is 5.91 Å². The molecular weight excluding hydrogens is 416 g/mol. The topological polar surface area (TPSA) is 86.7 Å². The number of nitrogens with zero attached hydrogens (tertiary/aromatic N) is 1. The molecule has 9 heteroatoms. The Bertz CT molecular complexity index is 954. The molecule has 0 unspecified atom stereocenters. The van der Waals surface area contributed by atoms with E-state index in [0.29, 0.717) is 22.2 Å². The van der Waals surface area contributed by atoms with E-state index in [-0.39, 0.29) is 29.5 Å². The van der Waals surface area contributed by atoms with Crippen LogP contribution in [-0.4, -0.2) is 38.7 Å². The molecule has 0 atom stereocenters. The number of nitrogens with one attached hydrogen (secondary N) is 1. The minimum absolute atomic E-state index is 0.0338. The van der Waals surface area contributed by atoms with Crippen molar-refractivity contribution < 1.29 is 19.5 Å². The Labute approximate surface area is 175 Å². The van der Waals surface area contributed by atoms with Gasteiger partial charge in [-0.25, -0.2) is 4.79 Å². The molecule has 1 aromatic carbocycles. The summed E-state index contributed by atoms with van der Waals surface area (Å²) < 4.78 is 0.476. The van der Waals surface area contributed by atoms with Gasteiger partial charge < -0.3 is 10.4 Å². The number of carbonyl (C=O) groups is 3. The van der Waals surface area contributed by atoms with E-state index in [2.05, 4.69) is 5.32 Å². The van der Waals surface area contributed by atoms with Crippen LogP contribution >= 0.6 is 35.3 Å². The van der Waals surface area contributed by atoms with Crippen LogP contribution in [0, 0.1) is 0 Å². The van der Waals surface area contributed by atoms with Gasteiger partial charge in [-0.2, -0.15) is 0 Å². The van der Waals surface area contributed by atoms with Crippen LogP contribution in [0.1, 0.15) is 28.1 Å². The zero-order valence-corrected chi connectivity index (χ0v) is 17.0. The third kappa shape index (κ3) is 4.86. The number of para-hydroxylation sites is 1. The van der Waals surface area contributed by atoms with Crippen molar-refractivity contribution in [1.82, 2.24) is 4.90 Å². The molecule has 0 saturated carbocycles. The number of thioether (sulfide) groups is 1. The van der Waals surface area contributed by atoms with Crippen molar-refractivity contribution in [2.24, 2.45) is 0 Å². The lowest BCUT2D eigenvalue weighted by Crippen LogP contribution is -2.29. The molecule has 6 nitrogen and oxygen atoms in total. The first-order valence-electron chi connectivity index (χ1n) is 8.37. The zero-order chi connectivity index (χ0) is 20.1. The van der Waals surface area contributed by atoms with E-state index in [1.54, 1.807) is 29.5 Å². The summed E-state index contributed by atoms with van der Waals surface area (Å²) in [6.45, 7) is 0.334. The number of aromatic carboxylic acids is 1. The third-order valence-electron chi connectivity index (χ3n) is 3.91. The summed E-state index contributed by atoms with van der Waals surface area (Å²) in [6.07, 6.45) is 2.38. The van der Waals surface area contributed by atoms with E-state index in [9.17, 15) is 14.4 Å². The van der Waals surface area contributed by atoms with Crippen molar-refractivity contribution in [1.29, 1.82) is 0 Å². The molecular formula is C19H16N2O4S3. The van der Waals surface area contributed by atoms with Crippen molar-refractivity contribution in [2.75, 3.05) is 11.9 Å². The maximum absolute atomic E-state index is 12.5. The summed E-state index contributed by atoms with van der Waals surface area (Å²) in [5.41, 5.74) is 0.288. The Kier molecular flexibility index (Phi) is 6.61. The molecule has 2 heterocycles. The van der Waals surface area contributed by atoms with Crippen LogP contribution in [-0.2, 0) is 9.59 Å². The highest BCUT2D eigenvalue weighted by atomic mass is 32.2. The standard InChI is InChI=1S/C19H16N2O4S3/c22-16(20-14-7-2-1-6-13(14)18(24)25)8-3-9-21-17(23)15(28-19(21)26)11-12-5-4-10-27-12/h1-2,4-7,10-11H,3,8-9H2,(H,20,22)(H,24,25). The van der Waals surface area contributed by atoms with E-state index < -0.39 is 5.97 Å². The smallest absolute Gasteiger partial charge is 0.337 e. The lowest BCUT2D eigenvalue weighted by Gasteiger charge is -2.14. The second-order valence-corrected chi connectivity index (χ2v) is 8.51. The SMILES string of the molecule is O=C(CCCN1C(=O)C(=Cc2cccs2)SC1=S)Nc1ccccc1C(=O)O. The number of hydrogen-bond donors (Lipinski definition) is 2. The van der Waals surface area contributed by atoms with Gasteiger partial charge in [-0.3, -0.25) is 14.5 Å². The van der Waals surface area contributed by atoms with Crippen molar-refractivity contribution in [3.8, 4) is 0 Å². The maximum atomic E-state index is 12.5. The van der Waals surface area contributed by atoms with Crippen molar-refractivity contribution in [3.05, 3.63) is 57.1 Å². The number of amides is 2. The van der Waals surface area contributed by atoms with E-state index in [1.165, 1.54) is 22.7 Å². The van der Waals surface area contributed by atoms with Crippen LogP contribution in [0.5, 0.6) is 0 Å². The van der Waals surface area contributed by atoms with E-state index >= 15 is 0 Å². The fourth-order valence-corrected chi connectivity index (χ4v) is 4.62. The Morgan fingerprint density at radius 1 is 1.21 bits per heavy atom. The molecule has 0 aliphatic carbocycles. The number of hydrogen-bond acceptors (Lipinski definition) is 6. The van der Waals surface area contributed by atoms with Crippen LogP contribution in [0.15, 0.2) is 46.7 Å². The number of carbonyl (C=O) groups excluding carboxylic acids is 2. The van der Waals surface area contributed by atoms with Gasteiger partial charge in [-0.05, 0) is 36.1 Å². The first-order valence-corrected chi connectivity index (χ1v) is 10.5. The number of anilines is 1. The molecule has 0 spiro atoms. The molecule has 1 aliphatic heterocycles. The number of benzene rings is 1. The Hall–Kier alpha value is -2.49. The van der Waals surface area contributed by atoms with Crippen molar-refractivity contribution in [2.45, 2.75) is 12.8 Å². The van der Waals surface area contributed by atoms with Crippen molar-refractivity contribution >= 4 is 69.2 Å². The number of rotatable bonds is 7. The first kappa shape index (κ1) is 20.2. The molecule has 0 bridgehead atoms. The molecule has 2 amide bonds. The summed E-state index contributed by atoms with van der Waals surface area (Å²) in [5, 5.41) is 13.7. The molecule has 1 fully saturated rings. The maximum Gasteiger partial charge on any atom is 0.337 e. The summed E-state index contributed by atoms with van der Waals surface area (Å²) >= 11 is 8.08. The zero-order valence-electron chi connectivity index (χ0n) is 14.6. The minimum atomic E-state index is -1.11. The quantitative estimate of drug-likeness (QED) is 0.507. The van der Waals surface area contributed by atoms with Gasteiger partial charge in [0.05, 0.1) is 16.2 Å². The van der Waals surface area contributed by atoms with Crippen LogP contribution < -0.4 is 5.32 Å². The van der Waals surface area contributed by atoms with Crippen LogP contribution in [0.2, 0.25) is 0 Å². The Morgan fingerprint density at radius 3 is 2.71 bits per heavy atom. The van der Waals surface area contributed by atoms with E-state index in [0.717, 1.165) is 4.88 Å². The molecule has 144 valence electrons. The highest BCUT2D eigenvalue weighted by molar-refractivity contribution is 8.26. The van der Waals surface area contributed by atoms with Gasteiger partial charge in [-0.15, -0.1) is 11.3 Å². The summed E-state index contributed by atoms with van der Waals surface area (Å²) in [5.74, 6) is -1.57.